The molecular formula is C28H38ClN3O4S. The molecule has 0 aromatic heterocycles. The van der Waals surface area contributed by atoms with Crippen LogP contribution < -0.4 is 9.62 Å². The summed E-state index contributed by atoms with van der Waals surface area (Å²) in [5, 5.41) is 3.58. The molecule has 0 saturated heterocycles. The summed E-state index contributed by atoms with van der Waals surface area (Å²) in [4.78, 5) is 28.4. The van der Waals surface area contributed by atoms with Crippen LogP contribution in [-0.2, 0) is 26.2 Å². The summed E-state index contributed by atoms with van der Waals surface area (Å²) in [5.41, 5.74) is 2.53. The van der Waals surface area contributed by atoms with Crippen molar-refractivity contribution >= 4 is 39.1 Å². The largest absolute Gasteiger partial charge is 0.352 e. The SMILES string of the molecule is CC[C@H](C(=O)NC1CCCC1)N(Cc1ccc(C)cc1)C(=O)CCCN(c1cccc(Cl)c1)S(C)(=O)=O. The smallest absolute Gasteiger partial charge is 0.243 e. The van der Waals surface area contributed by atoms with Gasteiger partial charge in [-0.25, -0.2) is 8.42 Å². The van der Waals surface area contributed by atoms with Gasteiger partial charge in [0.25, 0.3) is 0 Å². The molecule has 0 aliphatic heterocycles. The third-order valence-electron chi connectivity index (χ3n) is 6.81. The lowest BCUT2D eigenvalue weighted by atomic mass is 10.1. The van der Waals surface area contributed by atoms with Gasteiger partial charge in [-0.1, -0.05) is 67.3 Å². The molecule has 1 saturated carbocycles. The third-order valence-corrected chi connectivity index (χ3v) is 8.24. The predicted octanol–water partition coefficient (Wildman–Crippen LogP) is 5.06. The van der Waals surface area contributed by atoms with Crippen LogP contribution in [0.4, 0.5) is 5.69 Å². The molecular weight excluding hydrogens is 510 g/mol. The Morgan fingerprint density at radius 3 is 2.38 bits per heavy atom. The minimum Gasteiger partial charge on any atom is -0.352 e. The van der Waals surface area contributed by atoms with Gasteiger partial charge in [-0.05, 0) is 56.4 Å². The van der Waals surface area contributed by atoms with Gasteiger partial charge in [-0.3, -0.25) is 13.9 Å². The molecule has 1 N–H and O–H groups in total. The second kappa shape index (κ2) is 13.3. The Bertz CT molecular complexity index is 1160. The minimum absolute atomic E-state index is 0.117. The van der Waals surface area contributed by atoms with E-state index < -0.39 is 16.1 Å². The summed E-state index contributed by atoms with van der Waals surface area (Å²) < 4.78 is 26.2. The number of nitrogens with zero attached hydrogens (tertiary/aromatic N) is 2. The highest BCUT2D eigenvalue weighted by Crippen LogP contribution is 2.23. The molecule has 37 heavy (non-hydrogen) atoms. The Balaban J connectivity index is 1.75. The number of amides is 2. The summed E-state index contributed by atoms with van der Waals surface area (Å²) in [7, 11) is -3.57. The fourth-order valence-electron chi connectivity index (χ4n) is 4.81. The van der Waals surface area contributed by atoms with Gasteiger partial charge in [0.2, 0.25) is 21.8 Å². The molecule has 0 heterocycles. The number of nitrogens with one attached hydrogen (secondary N) is 1. The predicted molar refractivity (Wildman–Crippen MR) is 149 cm³/mol. The lowest BCUT2D eigenvalue weighted by Gasteiger charge is -2.32. The number of halogens is 1. The van der Waals surface area contributed by atoms with Crippen LogP contribution in [0.15, 0.2) is 48.5 Å². The molecule has 9 heteroatoms. The monoisotopic (exact) mass is 547 g/mol. The Morgan fingerprint density at radius 2 is 1.78 bits per heavy atom. The first-order chi connectivity index (χ1) is 17.6. The van der Waals surface area contributed by atoms with Crippen molar-refractivity contribution in [2.24, 2.45) is 0 Å². The van der Waals surface area contributed by atoms with Gasteiger partial charge in [0.05, 0.1) is 11.9 Å². The fourth-order valence-corrected chi connectivity index (χ4v) is 5.95. The average molecular weight is 548 g/mol. The number of sulfonamides is 1. The van der Waals surface area contributed by atoms with Gasteiger partial charge in [-0.2, -0.15) is 0 Å². The zero-order valence-corrected chi connectivity index (χ0v) is 23.5. The molecule has 2 aromatic rings. The van der Waals surface area contributed by atoms with E-state index >= 15 is 0 Å². The van der Waals surface area contributed by atoms with E-state index in [1.54, 1.807) is 29.2 Å². The van der Waals surface area contributed by atoms with Crippen molar-refractivity contribution in [3.05, 3.63) is 64.7 Å². The molecule has 0 unspecified atom stereocenters. The molecule has 202 valence electrons. The highest BCUT2D eigenvalue weighted by Gasteiger charge is 2.30. The Kier molecular flexibility index (Phi) is 10.4. The molecule has 2 amide bonds. The van der Waals surface area contributed by atoms with E-state index in [9.17, 15) is 18.0 Å². The van der Waals surface area contributed by atoms with E-state index in [1.165, 1.54) is 4.31 Å². The average Bonchev–Trinajstić information content (AvgIpc) is 3.35. The molecule has 0 radical (unpaired) electrons. The van der Waals surface area contributed by atoms with Crippen LogP contribution in [0.5, 0.6) is 0 Å². The zero-order valence-electron chi connectivity index (χ0n) is 22.0. The van der Waals surface area contributed by atoms with Gasteiger partial charge < -0.3 is 10.2 Å². The van der Waals surface area contributed by atoms with Crippen molar-refractivity contribution in [1.29, 1.82) is 0 Å². The second-order valence-electron chi connectivity index (χ2n) is 9.84. The molecule has 3 rings (SSSR count). The Morgan fingerprint density at radius 1 is 1.11 bits per heavy atom. The maximum Gasteiger partial charge on any atom is 0.243 e. The van der Waals surface area contributed by atoms with Gasteiger partial charge >= 0.3 is 0 Å². The number of carbonyl (C=O) groups is 2. The topological polar surface area (TPSA) is 86.8 Å². The van der Waals surface area contributed by atoms with Gasteiger partial charge in [0.1, 0.15) is 6.04 Å². The minimum atomic E-state index is -3.57. The van der Waals surface area contributed by atoms with Crippen LogP contribution >= 0.6 is 11.6 Å². The summed E-state index contributed by atoms with van der Waals surface area (Å²) in [6.45, 7) is 4.37. The second-order valence-corrected chi connectivity index (χ2v) is 12.2. The molecule has 1 atom stereocenters. The van der Waals surface area contributed by atoms with E-state index in [4.69, 9.17) is 11.6 Å². The van der Waals surface area contributed by atoms with Gasteiger partial charge in [-0.15, -0.1) is 0 Å². The van der Waals surface area contributed by atoms with E-state index in [0.717, 1.165) is 43.1 Å². The van der Waals surface area contributed by atoms with E-state index in [0.29, 0.717) is 30.1 Å². The van der Waals surface area contributed by atoms with Crippen LogP contribution in [0.3, 0.4) is 0 Å². The van der Waals surface area contributed by atoms with Gasteiger partial charge in [0.15, 0.2) is 0 Å². The maximum absolute atomic E-state index is 13.5. The lowest BCUT2D eigenvalue weighted by molar-refractivity contribution is -0.141. The van der Waals surface area contributed by atoms with Crippen LogP contribution in [0.2, 0.25) is 5.02 Å². The van der Waals surface area contributed by atoms with Crippen molar-refractivity contribution in [3.8, 4) is 0 Å². The number of hydrogen-bond acceptors (Lipinski definition) is 4. The molecule has 1 aliphatic rings. The molecule has 1 fully saturated rings. The quantitative estimate of drug-likeness (QED) is 0.402. The number of aryl methyl sites for hydroxylation is 1. The standard InChI is InChI=1S/C28H38ClN3O4S/c1-4-26(28(34)30-24-10-5-6-11-24)31(20-22-16-14-21(2)15-17-22)27(33)13-8-18-32(37(3,35)36)25-12-7-9-23(29)19-25/h7,9,12,14-17,19,24,26H,4-6,8,10-11,13,18,20H2,1-3H3,(H,30,34)/t26-/m1/s1. The first-order valence-corrected chi connectivity index (χ1v) is 15.2. The summed E-state index contributed by atoms with van der Waals surface area (Å²) in [5.74, 6) is -0.292. The summed E-state index contributed by atoms with van der Waals surface area (Å²) in [6.07, 6.45) is 6.22. The van der Waals surface area contributed by atoms with Gasteiger partial charge in [0, 0.05) is 30.6 Å². The van der Waals surface area contributed by atoms with E-state index in [1.807, 2.05) is 38.1 Å². The lowest BCUT2D eigenvalue weighted by Crippen LogP contribution is -2.51. The Hall–Kier alpha value is -2.58. The maximum atomic E-state index is 13.5. The van der Waals surface area contributed by atoms with E-state index in [2.05, 4.69) is 5.32 Å². The van der Waals surface area contributed by atoms with Crippen molar-refractivity contribution in [1.82, 2.24) is 10.2 Å². The number of benzene rings is 2. The van der Waals surface area contributed by atoms with Crippen LogP contribution in [-0.4, -0.2) is 50.0 Å². The molecule has 1 aliphatic carbocycles. The van der Waals surface area contributed by atoms with Crippen LogP contribution in [0.25, 0.3) is 0 Å². The van der Waals surface area contributed by atoms with Crippen molar-refractivity contribution in [2.45, 2.75) is 77.4 Å². The first-order valence-electron chi connectivity index (χ1n) is 13.0. The number of hydrogen-bond donors (Lipinski definition) is 1. The summed E-state index contributed by atoms with van der Waals surface area (Å²) in [6, 6.07) is 14.2. The zero-order chi connectivity index (χ0) is 27.0. The van der Waals surface area contributed by atoms with Crippen LogP contribution in [0, 0.1) is 6.92 Å². The first kappa shape index (κ1) is 29.0. The molecule has 0 bridgehead atoms. The Labute approximate surface area is 226 Å². The van der Waals surface area contributed by atoms with Crippen molar-refractivity contribution < 1.29 is 18.0 Å². The number of carbonyl (C=O) groups excluding carboxylic acids is 2. The summed E-state index contributed by atoms with van der Waals surface area (Å²) >= 11 is 6.07. The van der Waals surface area contributed by atoms with Crippen molar-refractivity contribution in [3.63, 3.8) is 0 Å². The highest BCUT2D eigenvalue weighted by molar-refractivity contribution is 7.92. The number of rotatable bonds is 12. The number of anilines is 1. The normalized spacial score (nSPS) is 14.8. The molecule has 2 aromatic carbocycles. The molecule has 7 nitrogen and oxygen atoms in total. The fraction of sp³-hybridized carbons (Fsp3) is 0.500. The van der Waals surface area contributed by atoms with Crippen LogP contribution in [0.1, 0.15) is 63.0 Å². The van der Waals surface area contributed by atoms with E-state index in [-0.39, 0.29) is 30.8 Å². The van der Waals surface area contributed by atoms with Crippen molar-refractivity contribution in [2.75, 3.05) is 17.1 Å². The third kappa shape index (κ3) is 8.47. The highest BCUT2D eigenvalue weighted by atomic mass is 35.5. The molecule has 0 spiro atoms.